The number of aliphatic hydroxyl groups is 1. The van der Waals surface area contributed by atoms with E-state index < -0.39 is 11.4 Å². The van der Waals surface area contributed by atoms with E-state index >= 15 is 0 Å². The smallest absolute Gasteiger partial charge is 0.306 e. The van der Waals surface area contributed by atoms with Gasteiger partial charge in [0.1, 0.15) is 6.10 Å². The summed E-state index contributed by atoms with van der Waals surface area (Å²) in [6.45, 7) is 24.2. The number of carboxylic acids is 1. The van der Waals surface area contributed by atoms with Gasteiger partial charge in [-0.25, -0.2) is 0 Å². The highest BCUT2D eigenvalue weighted by Gasteiger charge is 2.72. The van der Waals surface area contributed by atoms with Crippen LogP contribution >= 0.6 is 0 Å². The predicted molar refractivity (Wildman–Crippen MR) is 191 cm³/mol. The molecule has 1 saturated heterocycles. The summed E-state index contributed by atoms with van der Waals surface area (Å²) in [7, 11) is 0. The van der Waals surface area contributed by atoms with Crippen LogP contribution in [0.25, 0.3) is 0 Å². The molecule has 2 N–H and O–H groups in total. The second kappa shape index (κ2) is 12.4. The monoisotopic (exact) mass is 681 g/mol. The molecule has 7 heteroatoms. The van der Waals surface area contributed by atoms with Crippen LogP contribution in [0.15, 0.2) is 12.2 Å². The summed E-state index contributed by atoms with van der Waals surface area (Å²) in [6.07, 6.45) is 11.6. The van der Waals surface area contributed by atoms with Gasteiger partial charge in [-0.3, -0.25) is 14.4 Å². The average Bonchev–Trinajstić information content (AvgIpc) is 3.39. The second-order valence-corrected chi connectivity index (χ2v) is 20.1. The van der Waals surface area contributed by atoms with Crippen molar-refractivity contribution in [3.63, 3.8) is 0 Å². The first-order valence-electron chi connectivity index (χ1n) is 19.8. The third kappa shape index (κ3) is 5.73. The largest absolute Gasteiger partial charge is 0.481 e. The van der Waals surface area contributed by atoms with Crippen LogP contribution in [0.4, 0.5) is 0 Å². The Bertz CT molecular complexity index is 1350. The molecule has 1 amide bonds. The molecule has 0 radical (unpaired) electrons. The number of carbonyl (C=O) groups excluding carboxylic acids is 2. The van der Waals surface area contributed by atoms with Crippen LogP contribution < -0.4 is 0 Å². The van der Waals surface area contributed by atoms with E-state index in [2.05, 4.69) is 53.0 Å². The first-order valence-corrected chi connectivity index (χ1v) is 19.8. The highest BCUT2D eigenvalue weighted by molar-refractivity contribution is 5.84. The number of amides is 1. The van der Waals surface area contributed by atoms with E-state index in [1.54, 1.807) is 0 Å². The number of nitrogens with zero attached hydrogens (tertiary/aromatic N) is 1. The SMILES string of the molecule is C=C(C)[C@@H]1CC[C@]2(C(=O)N3CCC(O)CC3)CC[C@]3(C)[C@H](CC[C@@H]4[C@@]5(C)CC[C@H](OC(=O)CC(C)(C)CC(=O)O)C(C)(C)[C@@H]5CC[C@]43C)[C@@H]12. The van der Waals surface area contributed by atoms with Gasteiger partial charge in [0.25, 0.3) is 0 Å². The number of ether oxygens (including phenoxy) is 1. The molecule has 0 aromatic carbocycles. The Morgan fingerprint density at radius 3 is 2.12 bits per heavy atom. The number of likely N-dealkylation sites (tertiary alicyclic amines) is 1. The molecule has 0 spiro atoms. The van der Waals surface area contributed by atoms with Crippen LogP contribution in [0.3, 0.4) is 0 Å². The Labute approximate surface area is 296 Å². The van der Waals surface area contributed by atoms with Gasteiger partial charge in [-0.15, -0.1) is 0 Å². The van der Waals surface area contributed by atoms with E-state index in [-0.39, 0.29) is 58.1 Å². The average molecular weight is 682 g/mol. The standard InChI is InChI=1S/C42H67NO6/c1-26(2)28-12-19-42(36(48)43-22-15-27(44)16-23-43)21-20-40(8)29(35(28)42)10-11-31-39(7)17-14-32(38(5,6)30(39)13-18-41(31,40)9)49-34(47)25-37(3,4)24-33(45)46/h27-32,35,44H,1,10-25H2,2-9H3,(H,45,46)/t28-,29+,30-,31+,32-,35+,39-,40+,41+,42-/m0/s1. The number of fused-ring (bicyclic) bond motifs is 7. The van der Waals surface area contributed by atoms with Crippen molar-refractivity contribution >= 4 is 17.8 Å². The lowest BCUT2D eigenvalue weighted by atomic mass is 9.32. The van der Waals surface area contributed by atoms with Crippen molar-refractivity contribution in [2.24, 2.45) is 62.1 Å². The van der Waals surface area contributed by atoms with Gasteiger partial charge in [-0.1, -0.05) is 60.6 Å². The summed E-state index contributed by atoms with van der Waals surface area (Å²) < 4.78 is 6.27. The Kier molecular flexibility index (Phi) is 9.31. The fourth-order valence-corrected chi connectivity index (χ4v) is 14.1. The number of aliphatic carboxylic acids is 1. The Morgan fingerprint density at radius 1 is 0.816 bits per heavy atom. The minimum absolute atomic E-state index is 0.0531. The number of rotatable bonds is 7. The predicted octanol–water partition coefficient (Wildman–Crippen LogP) is 8.43. The fourth-order valence-electron chi connectivity index (χ4n) is 14.1. The molecular formula is C42H67NO6. The maximum atomic E-state index is 14.7. The number of allylic oxidation sites excluding steroid dienone is 1. The minimum atomic E-state index is -0.888. The highest BCUT2D eigenvalue weighted by Crippen LogP contribution is 2.77. The number of carbonyl (C=O) groups is 3. The van der Waals surface area contributed by atoms with Crippen LogP contribution in [-0.4, -0.2) is 58.3 Å². The van der Waals surface area contributed by atoms with Gasteiger partial charge in [-0.05, 0) is 135 Å². The highest BCUT2D eigenvalue weighted by atomic mass is 16.5. The molecule has 6 rings (SSSR count). The fraction of sp³-hybridized carbons (Fsp3) is 0.881. The van der Waals surface area contributed by atoms with Gasteiger partial charge < -0.3 is 19.8 Å². The van der Waals surface area contributed by atoms with Crippen LogP contribution in [0.5, 0.6) is 0 Å². The zero-order valence-electron chi connectivity index (χ0n) is 32.0. The topological polar surface area (TPSA) is 104 Å². The van der Waals surface area contributed by atoms with Crippen molar-refractivity contribution in [2.75, 3.05) is 13.1 Å². The van der Waals surface area contributed by atoms with E-state index in [0.29, 0.717) is 61.4 Å². The summed E-state index contributed by atoms with van der Waals surface area (Å²) in [5.41, 5.74) is 0.568. The number of hydrogen-bond donors (Lipinski definition) is 2. The summed E-state index contributed by atoms with van der Waals surface area (Å²) in [5.74, 6) is 1.44. The molecule has 0 aromatic rings. The number of carboxylic acid groups (broad SMARTS) is 1. The maximum Gasteiger partial charge on any atom is 0.306 e. The van der Waals surface area contributed by atoms with Gasteiger partial charge in [-0.2, -0.15) is 0 Å². The van der Waals surface area contributed by atoms with Crippen LogP contribution in [-0.2, 0) is 19.1 Å². The Morgan fingerprint density at radius 2 is 1.49 bits per heavy atom. The van der Waals surface area contributed by atoms with E-state index in [1.807, 2.05) is 13.8 Å². The summed E-state index contributed by atoms with van der Waals surface area (Å²) >= 11 is 0. The lowest BCUT2D eigenvalue weighted by molar-refractivity contribution is -0.250. The van der Waals surface area contributed by atoms with Crippen molar-refractivity contribution in [1.82, 2.24) is 4.90 Å². The lowest BCUT2D eigenvalue weighted by Gasteiger charge is -2.73. The van der Waals surface area contributed by atoms with E-state index in [9.17, 15) is 24.6 Å². The molecule has 5 aliphatic carbocycles. The summed E-state index contributed by atoms with van der Waals surface area (Å²) in [4.78, 5) is 41.4. The second-order valence-electron chi connectivity index (χ2n) is 20.1. The molecule has 0 aromatic heterocycles. The van der Waals surface area contributed by atoms with E-state index in [4.69, 9.17) is 4.74 Å². The van der Waals surface area contributed by atoms with Crippen molar-refractivity contribution < 1.29 is 29.3 Å². The Balaban J connectivity index is 1.25. The number of hydrogen-bond acceptors (Lipinski definition) is 5. The van der Waals surface area contributed by atoms with Gasteiger partial charge in [0.2, 0.25) is 5.91 Å². The number of esters is 1. The van der Waals surface area contributed by atoms with Gasteiger partial charge >= 0.3 is 11.9 Å². The third-order valence-electron chi connectivity index (χ3n) is 16.7. The molecule has 6 fully saturated rings. The Hall–Kier alpha value is -1.89. The summed E-state index contributed by atoms with van der Waals surface area (Å²) in [6, 6.07) is 0. The molecular weight excluding hydrogens is 614 g/mol. The molecule has 0 bridgehead atoms. The molecule has 10 atom stereocenters. The lowest BCUT2D eigenvalue weighted by Crippen LogP contribution is -2.67. The van der Waals surface area contributed by atoms with Crippen LogP contribution in [0.1, 0.15) is 145 Å². The molecule has 5 saturated carbocycles. The number of aliphatic hydroxyl groups excluding tert-OH is 1. The quantitative estimate of drug-likeness (QED) is 0.207. The van der Waals surface area contributed by atoms with Gasteiger partial charge in [0.05, 0.1) is 24.4 Å². The molecule has 7 nitrogen and oxygen atoms in total. The van der Waals surface area contributed by atoms with Gasteiger partial charge in [0.15, 0.2) is 0 Å². The maximum absolute atomic E-state index is 14.7. The van der Waals surface area contributed by atoms with Crippen LogP contribution in [0, 0.1) is 62.1 Å². The van der Waals surface area contributed by atoms with E-state index in [1.165, 1.54) is 18.4 Å². The van der Waals surface area contributed by atoms with Crippen molar-refractivity contribution in [1.29, 1.82) is 0 Å². The summed E-state index contributed by atoms with van der Waals surface area (Å²) in [5, 5.41) is 19.5. The zero-order chi connectivity index (χ0) is 35.9. The first kappa shape index (κ1) is 36.9. The third-order valence-corrected chi connectivity index (χ3v) is 16.7. The van der Waals surface area contributed by atoms with E-state index in [0.717, 1.165) is 51.4 Å². The first-order chi connectivity index (χ1) is 22.7. The van der Waals surface area contributed by atoms with Gasteiger partial charge in [0, 0.05) is 18.5 Å². The van der Waals surface area contributed by atoms with Crippen molar-refractivity contribution in [3.05, 3.63) is 12.2 Å². The number of piperidine rings is 1. The van der Waals surface area contributed by atoms with Crippen molar-refractivity contribution in [3.8, 4) is 0 Å². The normalized spacial score (nSPS) is 43.4. The molecule has 1 aliphatic heterocycles. The molecule has 49 heavy (non-hydrogen) atoms. The van der Waals surface area contributed by atoms with Crippen molar-refractivity contribution in [2.45, 2.75) is 157 Å². The molecule has 6 aliphatic rings. The molecule has 276 valence electrons. The van der Waals surface area contributed by atoms with Crippen LogP contribution in [0.2, 0.25) is 0 Å². The minimum Gasteiger partial charge on any atom is -0.481 e. The zero-order valence-corrected chi connectivity index (χ0v) is 32.0. The molecule has 1 heterocycles. The molecule has 0 unspecified atom stereocenters.